The predicted octanol–water partition coefficient (Wildman–Crippen LogP) is 3.92. The lowest BCUT2D eigenvalue weighted by atomic mass is 10.1. The Morgan fingerprint density at radius 1 is 1.12 bits per heavy atom. The largest absolute Gasteiger partial charge is 0.376 e. The molecule has 2 aromatic rings. The standard InChI is InChI=1S/C19H22ClN3O2/c1-3-13(2)22-19(25)14-7-6-8-15(11-14)21-12-18(24)23-17-10-5-4-9-16(17)20/h4-11,13,21H,3,12H2,1-2H3,(H,22,25)(H,23,24). The smallest absolute Gasteiger partial charge is 0.251 e. The van der Waals surface area contributed by atoms with E-state index in [0.717, 1.165) is 6.42 Å². The second-order valence-electron chi connectivity index (χ2n) is 5.75. The number of para-hydroxylation sites is 1. The van der Waals surface area contributed by atoms with E-state index < -0.39 is 0 Å². The maximum Gasteiger partial charge on any atom is 0.251 e. The number of rotatable bonds is 7. The molecular formula is C19H22ClN3O2. The van der Waals surface area contributed by atoms with E-state index in [-0.39, 0.29) is 24.4 Å². The lowest BCUT2D eigenvalue weighted by Gasteiger charge is -2.13. The molecule has 0 fully saturated rings. The second kappa shape index (κ2) is 9.08. The first-order valence-corrected chi connectivity index (χ1v) is 8.56. The van der Waals surface area contributed by atoms with E-state index in [0.29, 0.717) is 22.0 Å². The molecule has 0 saturated heterocycles. The van der Waals surface area contributed by atoms with Gasteiger partial charge in [-0.3, -0.25) is 9.59 Å². The Morgan fingerprint density at radius 3 is 2.60 bits per heavy atom. The van der Waals surface area contributed by atoms with E-state index in [1.807, 2.05) is 19.9 Å². The summed E-state index contributed by atoms with van der Waals surface area (Å²) in [7, 11) is 0. The van der Waals surface area contributed by atoms with Crippen molar-refractivity contribution in [3.05, 3.63) is 59.1 Å². The summed E-state index contributed by atoms with van der Waals surface area (Å²) < 4.78 is 0. The summed E-state index contributed by atoms with van der Waals surface area (Å²) in [4.78, 5) is 24.2. The van der Waals surface area contributed by atoms with Gasteiger partial charge in [-0.1, -0.05) is 36.7 Å². The van der Waals surface area contributed by atoms with Gasteiger partial charge < -0.3 is 16.0 Å². The van der Waals surface area contributed by atoms with Crippen LogP contribution in [0.15, 0.2) is 48.5 Å². The number of nitrogens with one attached hydrogen (secondary N) is 3. The Kier molecular flexibility index (Phi) is 6.83. The highest BCUT2D eigenvalue weighted by atomic mass is 35.5. The predicted molar refractivity (Wildman–Crippen MR) is 102 cm³/mol. The normalized spacial score (nSPS) is 11.5. The summed E-state index contributed by atoms with van der Waals surface area (Å²) in [5, 5.41) is 9.15. The minimum atomic E-state index is -0.220. The van der Waals surface area contributed by atoms with Crippen molar-refractivity contribution in [2.24, 2.45) is 0 Å². The molecule has 1 unspecified atom stereocenters. The van der Waals surface area contributed by atoms with Gasteiger partial charge in [0.25, 0.3) is 5.91 Å². The molecule has 3 N–H and O–H groups in total. The topological polar surface area (TPSA) is 70.2 Å². The summed E-state index contributed by atoms with van der Waals surface area (Å²) in [6.07, 6.45) is 0.867. The maximum absolute atomic E-state index is 12.2. The molecule has 5 nitrogen and oxygen atoms in total. The molecule has 0 bridgehead atoms. The third-order valence-electron chi connectivity index (χ3n) is 3.72. The van der Waals surface area contributed by atoms with Crippen LogP contribution in [0.25, 0.3) is 0 Å². The van der Waals surface area contributed by atoms with Gasteiger partial charge in [-0.25, -0.2) is 0 Å². The van der Waals surface area contributed by atoms with E-state index in [2.05, 4.69) is 16.0 Å². The molecular weight excluding hydrogens is 338 g/mol. The number of carbonyl (C=O) groups is 2. The highest BCUT2D eigenvalue weighted by Crippen LogP contribution is 2.20. The van der Waals surface area contributed by atoms with Crippen LogP contribution >= 0.6 is 11.6 Å². The highest BCUT2D eigenvalue weighted by molar-refractivity contribution is 6.33. The van der Waals surface area contributed by atoms with Crippen LogP contribution in [0.4, 0.5) is 11.4 Å². The van der Waals surface area contributed by atoms with Crippen LogP contribution in [0, 0.1) is 0 Å². The summed E-state index contributed by atoms with van der Waals surface area (Å²) in [6, 6.07) is 14.2. The summed E-state index contributed by atoms with van der Waals surface area (Å²) in [6.45, 7) is 4.04. The summed E-state index contributed by atoms with van der Waals surface area (Å²) in [5.41, 5.74) is 1.82. The molecule has 25 heavy (non-hydrogen) atoms. The SMILES string of the molecule is CCC(C)NC(=O)c1cccc(NCC(=O)Nc2ccccc2Cl)c1. The molecule has 6 heteroatoms. The van der Waals surface area contributed by atoms with E-state index in [4.69, 9.17) is 11.6 Å². The molecule has 0 spiro atoms. The summed E-state index contributed by atoms with van der Waals surface area (Å²) in [5.74, 6) is -0.346. The van der Waals surface area contributed by atoms with Crippen LogP contribution in [0.2, 0.25) is 5.02 Å². The Hall–Kier alpha value is -2.53. The van der Waals surface area contributed by atoms with Gasteiger partial charge in [0.2, 0.25) is 5.91 Å². The molecule has 0 aliphatic heterocycles. The minimum Gasteiger partial charge on any atom is -0.376 e. The Labute approximate surface area is 152 Å². The van der Waals surface area contributed by atoms with Gasteiger partial charge in [-0.2, -0.15) is 0 Å². The van der Waals surface area contributed by atoms with Crippen molar-refractivity contribution in [3.8, 4) is 0 Å². The molecule has 2 aromatic carbocycles. The zero-order chi connectivity index (χ0) is 18.2. The van der Waals surface area contributed by atoms with Crippen LogP contribution in [-0.4, -0.2) is 24.4 Å². The molecule has 132 valence electrons. The fraction of sp³-hybridized carbons (Fsp3) is 0.263. The number of halogens is 1. The van der Waals surface area contributed by atoms with Gasteiger partial charge in [0, 0.05) is 17.3 Å². The first-order valence-electron chi connectivity index (χ1n) is 8.18. The van der Waals surface area contributed by atoms with Crippen molar-refractivity contribution in [2.45, 2.75) is 26.3 Å². The van der Waals surface area contributed by atoms with Gasteiger partial charge >= 0.3 is 0 Å². The number of hydrogen-bond donors (Lipinski definition) is 3. The zero-order valence-corrected chi connectivity index (χ0v) is 15.1. The van der Waals surface area contributed by atoms with E-state index in [9.17, 15) is 9.59 Å². The molecule has 0 aliphatic rings. The first-order chi connectivity index (χ1) is 12.0. The fourth-order valence-corrected chi connectivity index (χ4v) is 2.30. The molecule has 0 radical (unpaired) electrons. The lowest BCUT2D eigenvalue weighted by Crippen LogP contribution is -2.31. The molecule has 0 heterocycles. The highest BCUT2D eigenvalue weighted by Gasteiger charge is 2.10. The first kappa shape index (κ1) is 18.8. The molecule has 1 atom stereocenters. The fourth-order valence-electron chi connectivity index (χ4n) is 2.12. The number of anilines is 2. The third-order valence-corrected chi connectivity index (χ3v) is 4.05. The van der Waals surface area contributed by atoms with Crippen molar-refractivity contribution in [1.82, 2.24) is 5.32 Å². The van der Waals surface area contributed by atoms with Crippen molar-refractivity contribution in [1.29, 1.82) is 0 Å². The van der Waals surface area contributed by atoms with Crippen molar-refractivity contribution in [2.75, 3.05) is 17.2 Å². The zero-order valence-electron chi connectivity index (χ0n) is 14.3. The monoisotopic (exact) mass is 359 g/mol. The quantitative estimate of drug-likeness (QED) is 0.701. The maximum atomic E-state index is 12.2. The van der Waals surface area contributed by atoms with Gasteiger partial charge in [0.1, 0.15) is 0 Å². The molecule has 0 aromatic heterocycles. The van der Waals surface area contributed by atoms with Crippen molar-refractivity contribution >= 4 is 34.8 Å². The molecule has 2 rings (SSSR count). The van der Waals surface area contributed by atoms with Gasteiger partial charge in [-0.15, -0.1) is 0 Å². The van der Waals surface area contributed by atoms with Crippen LogP contribution in [0.3, 0.4) is 0 Å². The minimum absolute atomic E-state index is 0.0711. The molecule has 0 saturated carbocycles. The molecule has 2 amide bonds. The summed E-state index contributed by atoms with van der Waals surface area (Å²) >= 11 is 6.01. The number of carbonyl (C=O) groups excluding carboxylic acids is 2. The van der Waals surface area contributed by atoms with Crippen molar-refractivity contribution < 1.29 is 9.59 Å². The van der Waals surface area contributed by atoms with Crippen LogP contribution in [0.5, 0.6) is 0 Å². The Morgan fingerprint density at radius 2 is 1.88 bits per heavy atom. The van der Waals surface area contributed by atoms with Gasteiger partial charge in [0.15, 0.2) is 0 Å². The third kappa shape index (κ3) is 5.80. The van der Waals surface area contributed by atoms with E-state index in [1.54, 1.807) is 42.5 Å². The number of benzene rings is 2. The van der Waals surface area contributed by atoms with Crippen LogP contribution in [0.1, 0.15) is 30.6 Å². The van der Waals surface area contributed by atoms with Crippen molar-refractivity contribution in [3.63, 3.8) is 0 Å². The van der Waals surface area contributed by atoms with Crippen LogP contribution in [-0.2, 0) is 4.79 Å². The number of amides is 2. The van der Waals surface area contributed by atoms with Gasteiger partial charge in [-0.05, 0) is 43.7 Å². The lowest BCUT2D eigenvalue weighted by molar-refractivity contribution is -0.114. The average molecular weight is 360 g/mol. The Bertz CT molecular complexity index is 749. The van der Waals surface area contributed by atoms with E-state index in [1.165, 1.54) is 0 Å². The second-order valence-corrected chi connectivity index (χ2v) is 6.15. The average Bonchev–Trinajstić information content (AvgIpc) is 2.62. The van der Waals surface area contributed by atoms with Gasteiger partial charge in [0.05, 0.1) is 17.3 Å². The Balaban J connectivity index is 1.92. The number of hydrogen-bond acceptors (Lipinski definition) is 3. The molecule has 0 aliphatic carbocycles. The van der Waals surface area contributed by atoms with Crippen LogP contribution < -0.4 is 16.0 Å². The van der Waals surface area contributed by atoms with E-state index >= 15 is 0 Å².